The molecular formula is C15H24N2O2. The fraction of sp³-hybridized carbons (Fsp3) is 0.533. The Morgan fingerprint density at radius 3 is 2.74 bits per heavy atom. The molecule has 0 unspecified atom stereocenters. The van der Waals surface area contributed by atoms with Gasteiger partial charge in [-0.25, -0.2) is 0 Å². The summed E-state index contributed by atoms with van der Waals surface area (Å²) in [6.45, 7) is 8.16. The summed E-state index contributed by atoms with van der Waals surface area (Å²) < 4.78 is 5.55. The summed E-state index contributed by atoms with van der Waals surface area (Å²) in [5.41, 5.74) is 2.28. The van der Waals surface area contributed by atoms with Crippen LogP contribution in [0.5, 0.6) is 5.75 Å². The molecule has 106 valence electrons. The molecule has 19 heavy (non-hydrogen) atoms. The lowest BCUT2D eigenvalue weighted by Gasteiger charge is -2.13. The summed E-state index contributed by atoms with van der Waals surface area (Å²) in [7, 11) is 1.60. The average Bonchev–Trinajstić information content (AvgIpc) is 2.37. The van der Waals surface area contributed by atoms with Gasteiger partial charge in [0.2, 0.25) is 0 Å². The van der Waals surface area contributed by atoms with Crippen LogP contribution in [0.2, 0.25) is 0 Å². The molecule has 1 amide bonds. The predicted molar refractivity (Wildman–Crippen MR) is 77.3 cm³/mol. The topological polar surface area (TPSA) is 50.4 Å². The zero-order chi connectivity index (χ0) is 14.3. The van der Waals surface area contributed by atoms with Gasteiger partial charge in [0.25, 0.3) is 5.91 Å². The Bertz CT molecular complexity index is 417. The van der Waals surface area contributed by atoms with Crippen molar-refractivity contribution in [3.05, 3.63) is 29.3 Å². The van der Waals surface area contributed by atoms with E-state index in [9.17, 15) is 4.79 Å². The first-order valence-corrected chi connectivity index (χ1v) is 6.66. The molecule has 0 spiro atoms. The Kier molecular flexibility index (Phi) is 6.36. The highest BCUT2D eigenvalue weighted by atomic mass is 16.5. The maximum absolute atomic E-state index is 11.2. The molecule has 0 aliphatic carbocycles. The molecule has 0 fully saturated rings. The molecule has 0 saturated heterocycles. The molecule has 0 heterocycles. The number of benzene rings is 1. The van der Waals surface area contributed by atoms with Gasteiger partial charge in [-0.1, -0.05) is 31.5 Å². The molecule has 0 aromatic heterocycles. The monoisotopic (exact) mass is 264 g/mol. The van der Waals surface area contributed by atoms with Crippen LogP contribution in [0.1, 0.15) is 25.0 Å². The molecule has 4 heteroatoms. The number of carbonyl (C=O) groups excluding carboxylic acids is 1. The fourth-order valence-electron chi connectivity index (χ4n) is 1.70. The number of rotatable bonds is 7. The quantitative estimate of drug-likeness (QED) is 0.790. The first kappa shape index (κ1) is 15.5. The normalized spacial score (nSPS) is 10.6. The van der Waals surface area contributed by atoms with Crippen LogP contribution in [0.4, 0.5) is 0 Å². The zero-order valence-electron chi connectivity index (χ0n) is 12.2. The SMILES string of the molecule is CNC(=O)COc1ccc(C)cc1CNCC(C)C. The molecule has 2 N–H and O–H groups in total. The summed E-state index contributed by atoms with van der Waals surface area (Å²) in [6.07, 6.45) is 0. The van der Waals surface area contributed by atoms with Gasteiger partial charge >= 0.3 is 0 Å². The molecule has 0 aliphatic rings. The minimum Gasteiger partial charge on any atom is -0.483 e. The van der Waals surface area contributed by atoms with Crippen LogP contribution in [0, 0.1) is 12.8 Å². The first-order chi connectivity index (χ1) is 9.02. The van der Waals surface area contributed by atoms with Gasteiger partial charge in [-0.05, 0) is 25.5 Å². The molecule has 0 radical (unpaired) electrons. The van der Waals surface area contributed by atoms with E-state index in [1.807, 2.05) is 12.1 Å². The van der Waals surface area contributed by atoms with Crippen LogP contribution in [-0.2, 0) is 11.3 Å². The molecule has 1 aromatic carbocycles. The summed E-state index contributed by atoms with van der Waals surface area (Å²) in [5, 5.41) is 5.93. The van der Waals surface area contributed by atoms with Gasteiger partial charge in [0.05, 0.1) is 0 Å². The van der Waals surface area contributed by atoms with Crippen LogP contribution < -0.4 is 15.4 Å². The lowest BCUT2D eigenvalue weighted by Crippen LogP contribution is -2.25. The van der Waals surface area contributed by atoms with E-state index in [-0.39, 0.29) is 12.5 Å². The van der Waals surface area contributed by atoms with Crippen LogP contribution in [0.3, 0.4) is 0 Å². The second-order valence-electron chi connectivity index (χ2n) is 5.10. The van der Waals surface area contributed by atoms with Crippen molar-refractivity contribution in [3.8, 4) is 5.75 Å². The number of amides is 1. The highest BCUT2D eigenvalue weighted by Crippen LogP contribution is 2.20. The average molecular weight is 264 g/mol. The zero-order valence-corrected chi connectivity index (χ0v) is 12.2. The largest absolute Gasteiger partial charge is 0.483 e. The van der Waals surface area contributed by atoms with Crippen molar-refractivity contribution in [2.75, 3.05) is 20.2 Å². The summed E-state index contributed by atoms with van der Waals surface area (Å²) >= 11 is 0. The van der Waals surface area contributed by atoms with Crippen molar-refractivity contribution in [1.29, 1.82) is 0 Å². The maximum Gasteiger partial charge on any atom is 0.257 e. The fourth-order valence-corrected chi connectivity index (χ4v) is 1.70. The number of ether oxygens (including phenoxy) is 1. The third-order valence-electron chi connectivity index (χ3n) is 2.72. The van der Waals surface area contributed by atoms with Gasteiger partial charge in [0.15, 0.2) is 6.61 Å². The summed E-state index contributed by atoms with van der Waals surface area (Å²) in [4.78, 5) is 11.2. The number of aryl methyl sites for hydroxylation is 1. The van der Waals surface area contributed by atoms with E-state index in [0.717, 1.165) is 24.4 Å². The number of hydrogen-bond donors (Lipinski definition) is 2. The minimum absolute atomic E-state index is 0.0523. The highest BCUT2D eigenvalue weighted by molar-refractivity contribution is 5.77. The van der Waals surface area contributed by atoms with Crippen molar-refractivity contribution >= 4 is 5.91 Å². The number of carbonyl (C=O) groups is 1. The third kappa shape index (κ3) is 5.75. The van der Waals surface area contributed by atoms with Gasteiger partial charge in [-0.15, -0.1) is 0 Å². The Labute approximate surface area is 115 Å². The first-order valence-electron chi connectivity index (χ1n) is 6.66. The van der Waals surface area contributed by atoms with E-state index in [2.05, 4.69) is 37.5 Å². The van der Waals surface area contributed by atoms with E-state index in [0.29, 0.717) is 5.92 Å². The van der Waals surface area contributed by atoms with E-state index < -0.39 is 0 Å². The minimum atomic E-state index is -0.123. The Hall–Kier alpha value is -1.55. The smallest absolute Gasteiger partial charge is 0.257 e. The molecule has 4 nitrogen and oxygen atoms in total. The van der Waals surface area contributed by atoms with Gasteiger partial charge in [-0.2, -0.15) is 0 Å². The number of likely N-dealkylation sites (N-methyl/N-ethyl adjacent to an activating group) is 1. The van der Waals surface area contributed by atoms with Crippen molar-refractivity contribution in [3.63, 3.8) is 0 Å². The van der Waals surface area contributed by atoms with Gasteiger partial charge in [0.1, 0.15) is 5.75 Å². The van der Waals surface area contributed by atoms with Crippen molar-refractivity contribution in [2.45, 2.75) is 27.3 Å². The highest BCUT2D eigenvalue weighted by Gasteiger charge is 2.06. The molecule has 0 atom stereocenters. The molecule has 1 aromatic rings. The third-order valence-corrected chi connectivity index (χ3v) is 2.72. The van der Waals surface area contributed by atoms with Crippen LogP contribution in [-0.4, -0.2) is 26.1 Å². The van der Waals surface area contributed by atoms with Crippen molar-refractivity contribution in [1.82, 2.24) is 10.6 Å². The molecule has 1 rings (SSSR count). The van der Waals surface area contributed by atoms with Crippen molar-refractivity contribution < 1.29 is 9.53 Å². The van der Waals surface area contributed by atoms with E-state index in [4.69, 9.17) is 4.74 Å². The molecule has 0 saturated carbocycles. The Balaban J connectivity index is 2.65. The second kappa shape index (κ2) is 7.79. The molecule has 0 bridgehead atoms. The number of nitrogens with one attached hydrogen (secondary N) is 2. The predicted octanol–water partition coefficient (Wildman–Crippen LogP) is 1.87. The van der Waals surface area contributed by atoms with E-state index in [1.165, 1.54) is 5.56 Å². The van der Waals surface area contributed by atoms with Gasteiger partial charge in [-0.3, -0.25) is 4.79 Å². The van der Waals surface area contributed by atoms with E-state index >= 15 is 0 Å². The Morgan fingerprint density at radius 1 is 1.37 bits per heavy atom. The van der Waals surface area contributed by atoms with E-state index in [1.54, 1.807) is 7.05 Å². The number of hydrogen-bond acceptors (Lipinski definition) is 3. The maximum atomic E-state index is 11.2. The van der Waals surface area contributed by atoms with Crippen LogP contribution in [0.15, 0.2) is 18.2 Å². The summed E-state index contributed by atoms with van der Waals surface area (Å²) in [6, 6.07) is 6.00. The lowest BCUT2D eigenvalue weighted by atomic mass is 10.1. The van der Waals surface area contributed by atoms with Gasteiger partial charge in [0, 0.05) is 19.2 Å². The lowest BCUT2D eigenvalue weighted by molar-refractivity contribution is -0.122. The van der Waals surface area contributed by atoms with Crippen LogP contribution in [0.25, 0.3) is 0 Å². The molecule has 0 aliphatic heterocycles. The van der Waals surface area contributed by atoms with Crippen LogP contribution >= 0.6 is 0 Å². The van der Waals surface area contributed by atoms with Gasteiger partial charge < -0.3 is 15.4 Å². The molecular weight excluding hydrogens is 240 g/mol. The standard InChI is InChI=1S/C15H24N2O2/c1-11(2)8-17-9-13-7-12(3)5-6-14(13)19-10-15(18)16-4/h5-7,11,17H,8-10H2,1-4H3,(H,16,18). The second-order valence-corrected chi connectivity index (χ2v) is 5.10. The summed E-state index contributed by atoms with van der Waals surface area (Å²) in [5.74, 6) is 1.26. The Morgan fingerprint density at radius 2 is 2.11 bits per heavy atom. The van der Waals surface area contributed by atoms with Crippen molar-refractivity contribution in [2.24, 2.45) is 5.92 Å².